The SMILES string of the molecule is O=CN(O)C(CCc1ncc(F)cn1)CS(=O)(=O)N1CCN(c2ncc(-c3ccc(C(F)(F)F)cc3)cn2)CC1. The second-order valence-corrected chi connectivity index (χ2v) is 11.0. The minimum atomic E-state index is -4.43. The van der Waals surface area contributed by atoms with Crippen LogP contribution in [-0.4, -0.2) is 87.3 Å². The lowest BCUT2D eigenvalue weighted by Crippen LogP contribution is -2.51. The van der Waals surface area contributed by atoms with Crippen LogP contribution in [0.5, 0.6) is 0 Å². The number of nitrogens with zero attached hydrogens (tertiary/aromatic N) is 7. The van der Waals surface area contributed by atoms with Crippen LogP contribution in [-0.2, 0) is 27.4 Å². The highest BCUT2D eigenvalue weighted by Crippen LogP contribution is 2.31. The van der Waals surface area contributed by atoms with Crippen molar-refractivity contribution >= 4 is 22.4 Å². The van der Waals surface area contributed by atoms with Crippen LogP contribution in [0.15, 0.2) is 49.1 Å². The van der Waals surface area contributed by atoms with Crippen LogP contribution in [0, 0.1) is 5.82 Å². The molecule has 1 atom stereocenters. The Hall–Kier alpha value is -3.76. The Morgan fingerprint density at radius 2 is 1.55 bits per heavy atom. The van der Waals surface area contributed by atoms with E-state index in [2.05, 4.69) is 19.9 Å². The van der Waals surface area contributed by atoms with Crippen LogP contribution < -0.4 is 4.90 Å². The van der Waals surface area contributed by atoms with E-state index in [1.807, 2.05) is 0 Å². The first-order valence-corrected chi connectivity index (χ1v) is 13.7. The molecule has 0 bridgehead atoms. The van der Waals surface area contributed by atoms with Gasteiger partial charge in [0.15, 0.2) is 5.82 Å². The first kappa shape index (κ1) is 29.2. The van der Waals surface area contributed by atoms with Gasteiger partial charge >= 0.3 is 6.18 Å². The third kappa shape index (κ3) is 7.25. The third-order valence-corrected chi connectivity index (χ3v) is 8.32. The van der Waals surface area contributed by atoms with Crippen molar-refractivity contribution in [3.63, 3.8) is 0 Å². The monoisotopic (exact) mass is 583 g/mol. The number of aryl methyl sites for hydroxylation is 1. The van der Waals surface area contributed by atoms with Gasteiger partial charge in [-0.2, -0.15) is 17.5 Å². The standard InChI is InChI=1S/C24H25F4N7O4S/c25-20-13-29-22(30-14-20)6-5-21(35(37)16-36)15-40(38,39)34-9-7-33(8-10-34)23-31-11-18(12-32-23)17-1-3-19(4-2-17)24(26,27)28/h1-4,11-14,16,21,37H,5-10,15H2. The lowest BCUT2D eigenvalue weighted by atomic mass is 10.1. The molecule has 2 aromatic heterocycles. The molecule has 214 valence electrons. The number of aromatic nitrogens is 4. The Kier molecular flexibility index (Phi) is 8.90. The number of halogens is 4. The fourth-order valence-electron chi connectivity index (χ4n) is 4.14. The maximum absolute atomic E-state index is 13.1. The van der Waals surface area contributed by atoms with Crippen LogP contribution in [0.25, 0.3) is 11.1 Å². The van der Waals surface area contributed by atoms with Crippen molar-refractivity contribution in [2.75, 3.05) is 36.8 Å². The molecular formula is C24H25F4N7O4S. The quantitative estimate of drug-likeness (QED) is 0.165. The average molecular weight is 584 g/mol. The van der Waals surface area contributed by atoms with E-state index in [0.717, 1.165) is 24.5 Å². The summed E-state index contributed by atoms with van der Waals surface area (Å²) in [6.07, 6.45) is 0.733. The summed E-state index contributed by atoms with van der Waals surface area (Å²) in [4.78, 5) is 29.1. The fourth-order valence-corrected chi connectivity index (χ4v) is 5.88. The average Bonchev–Trinajstić information content (AvgIpc) is 2.95. The molecule has 0 radical (unpaired) electrons. The largest absolute Gasteiger partial charge is 0.416 e. The van der Waals surface area contributed by atoms with Gasteiger partial charge in [-0.15, -0.1) is 0 Å². The molecular weight excluding hydrogens is 558 g/mol. The Morgan fingerprint density at radius 3 is 2.10 bits per heavy atom. The van der Waals surface area contributed by atoms with Crippen molar-refractivity contribution in [3.05, 3.63) is 66.3 Å². The van der Waals surface area contributed by atoms with Crippen LogP contribution >= 0.6 is 0 Å². The molecule has 11 nitrogen and oxygen atoms in total. The number of hydrogen-bond acceptors (Lipinski definition) is 9. The minimum absolute atomic E-state index is 0.0270. The molecule has 1 unspecified atom stereocenters. The second-order valence-electron chi connectivity index (χ2n) is 9.01. The van der Waals surface area contributed by atoms with E-state index in [1.54, 1.807) is 4.90 Å². The van der Waals surface area contributed by atoms with E-state index < -0.39 is 39.4 Å². The van der Waals surface area contributed by atoms with Gasteiger partial charge in [-0.05, 0) is 24.1 Å². The third-order valence-electron chi connectivity index (χ3n) is 6.36. The first-order valence-electron chi connectivity index (χ1n) is 12.1. The number of carbonyl (C=O) groups excluding carboxylic acids is 1. The highest BCUT2D eigenvalue weighted by molar-refractivity contribution is 7.89. The van der Waals surface area contributed by atoms with Gasteiger partial charge in [0.2, 0.25) is 22.4 Å². The van der Waals surface area contributed by atoms with E-state index in [1.165, 1.54) is 28.8 Å². The van der Waals surface area contributed by atoms with Gasteiger partial charge in [0.05, 0.1) is 29.8 Å². The number of rotatable bonds is 10. The van der Waals surface area contributed by atoms with E-state index in [9.17, 15) is 36.0 Å². The second kappa shape index (κ2) is 12.2. The molecule has 1 saturated heterocycles. The topological polar surface area (TPSA) is 133 Å². The molecule has 1 aliphatic rings. The number of anilines is 1. The van der Waals surface area contributed by atoms with Crippen LogP contribution in [0.4, 0.5) is 23.5 Å². The van der Waals surface area contributed by atoms with E-state index in [-0.39, 0.29) is 51.3 Å². The normalized spacial score (nSPS) is 15.6. The zero-order valence-electron chi connectivity index (χ0n) is 20.9. The predicted molar refractivity (Wildman–Crippen MR) is 134 cm³/mol. The lowest BCUT2D eigenvalue weighted by Gasteiger charge is -2.35. The number of carbonyl (C=O) groups is 1. The van der Waals surface area contributed by atoms with Crippen molar-refractivity contribution in [3.8, 4) is 11.1 Å². The molecule has 1 aromatic carbocycles. The maximum atomic E-state index is 13.1. The Labute approximate surface area is 227 Å². The highest BCUT2D eigenvalue weighted by Gasteiger charge is 2.32. The summed E-state index contributed by atoms with van der Waals surface area (Å²) < 4.78 is 78.8. The number of sulfonamides is 1. The zero-order valence-corrected chi connectivity index (χ0v) is 21.8. The molecule has 1 N–H and O–H groups in total. The summed E-state index contributed by atoms with van der Waals surface area (Å²) in [5.41, 5.74) is 0.288. The maximum Gasteiger partial charge on any atom is 0.416 e. The minimum Gasteiger partial charge on any atom is -0.338 e. The number of hydrogen-bond donors (Lipinski definition) is 1. The molecule has 3 aromatic rings. The van der Waals surface area contributed by atoms with Gasteiger partial charge in [0.25, 0.3) is 0 Å². The van der Waals surface area contributed by atoms with Gasteiger partial charge in [-0.3, -0.25) is 10.0 Å². The molecule has 0 spiro atoms. The smallest absolute Gasteiger partial charge is 0.338 e. The molecule has 0 aliphatic carbocycles. The highest BCUT2D eigenvalue weighted by atomic mass is 32.2. The van der Waals surface area contributed by atoms with Crippen molar-refractivity contribution in [1.82, 2.24) is 29.3 Å². The van der Waals surface area contributed by atoms with Gasteiger partial charge in [0, 0.05) is 50.6 Å². The summed E-state index contributed by atoms with van der Waals surface area (Å²) >= 11 is 0. The molecule has 1 fully saturated rings. The van der Waals surface area contributed by atoms with Crippen molar-refractivity contribution < 1.29 is 36.0 Å². The Balaban J connectivity index is 1.34. The molecule has 40 heavy (non-hydrogen) atoms. The lowest BCUT2D eigenvalue weighted by molar-refractivity contribution is -0.158. The summed E-state index contributed by atoms with van der Waals surface area (Å²) in [5.74, 6) is -0.588. The number of piperazine rings is 1. The summed E-state index contributed by atoms with van der Waals surface area (Å²) in [7, 11) is -3.89. The first-order chi connectivity index (χ1) is 19.0. The summed E-state index contributed by atoms with van der Waals surface area (Å²) in [6, 6.07) is 3.56. The van der Waals surface area contributed by atoms with Crippen molar-refractivity contribution in [2.24, 2.45) is 0 Å². The van der Waals surface area contributed by atoms with Gasteiger partial charge < -0.3 is 4.90 Å². The van der Waals surface area contributed by atoms with Gasteiger partial charge in [0.1, 0.15) is 5.82 Å². The Morgan fingerprint density at radius 1 is 0.950 bits per heavy atom. The molecule has 0 saturated carbocycles. The number of hydroxylamine groups is 2. The van der Waals surface area contributed by atoms with Gasteiger partial charge in [-0.1, -0.05) is 12.1 Å². The van der Waals surface area contributed by atoms with Crippen molar-refractivity contribution in [1.29, 1.82) is 0 Å². The van der Waals surface area contributed by atoms with Crippen LogP contribution in [0.2, 0.25) is 0 Å². The summed E-state index contributed by atoms with van der Waals surface area (Å²) in [6.45, 7) is 0.742. The molecule has 1 amide bonds. The van der Waals surface area contributed by atoms with E-state index in [4.69, 9.17) is 0 Å². The summed E-state index contributed by atoms with van der Waals surface area (Å²) in [5, 5.41) is 10.2. The Bertz CT molecular complexity index is 1380. The zero-order chi connectivity index (χ0) is 28.9. The number of alkyl halides is 3. The van der Waals surface area contributed by atoms with E-state index >= 15 is 0 Å². The van der Waals surface area contributed by atoms with Gasteiger partial charge in [-0.25, -0.2) is 37.8 Å². The fraction of sp³-hybridized carbons (Fsp3) is 0.375. The number of benzene rings is 1. The molecule has 16 heteroatoms. The molecule has 4 rings (SSSR count). The molecule has 1 aliphatic heterocycles. The van der Waals surface area contributed by atoms with E-state index in [0.29, 0.717) is 22.1 Å². The van der Waals surface area contributed by atoms with Crippen LogP contribution in [0.1, 0.15) is 17.8 Å². The molecule has 3 heterocycles. The predicted octanol–water partition coefficient (Wildman–Crippen LogP) is 2.39. The van der Waals surface area contributed by atoms with Crippen LogP contribution in [0.3, 0.4) is 0 Å². The van der Waals surface area contributed by atoms with Crippen molar-refractivity contribution in [2.45, 2.75) is 25.1 Å². The number of amides is 1.